The minimum Gasteiger partial charge on any atom is -0.385 e. The SMILES string of the molecule is COCCCNC(=NCc1ccc(S(C)(=O)=O)c(C)c1)NCc1nnc(C)n1C. The van der Waals surface area contributed by atoms with Crippen LogP contribution in [0.5, 0.6) is 0 Å². The van der Waals surface area contributed by atoms with Gasteiger partial charge in [-0.2, -0.15) is 0 Å². The average molecular weight is 423 g/mol. The highest BCUT2D eigenvalue weighted by Crippen LogP contribution is 2.17. The molecule has 2 N–H and O–H groups in total. The molecule has 0 saturated heterocycles. The summed E-state index contributed by atoms with van der Waals surface area (Å²) in [7, 11) is 0.363. The van der Waals surface area contributed by atoms with E-state index >= 15 is 0 Å². The standard InChI is InChI=1S/C19H30N6O3S/c1-14-11-16(7-8-17(14)29(5,26)27)12-21-19(20-9-6-10-28-4)22-13-18-24-23-15(2)25(18)3/h7-8,11H,6,9-10,12-13H2,1-5H3,(H2,20,21,22). The van der Waals surface area contributed by atoms with Crippen LogP contribution in [0.3, 0.4) is 0 Å². The number of ether oxygens (including phenoxy) is 1. The molecule has 2 rings (SSSR count). The van der Waals surface area contributed by atoms with E-state index in [1.54, 1.807) is 26.2 Å². The van der Waals surface area contributed by atoms with E-state index < -0.39 is 9.84 Å². The van der Waals surface area contributed by atoms with Crippen LogP contribution in [-0.2, 0) is 34.7 Å². The maximum Gasteiger partial charge on any atom is 0.191 e. The Balaban J connectivity index is 2.09. The number of aryl methyl sites for hydroxylation is 2. The molecular weight excluding hydrogens is 392 g/mol. The summed E-state index contributed by atoms with van der Waals surface area (Å²) in [5.74, 6) is 2.30. The highest BCUT2D eigenvalue weighted by atomic mass is 32.2. The van der Waals surface area contributed by atoms with Crippen LogP contribution in [0.25, 0.3) is 0 Å². The quantitative estimate of drug-likeness (QED) is 0.354. The largest absolute Gasteiger partial charge is 0.385 e. The molecule has 0 aliphatic rings. The number of benzene rings is 1. The molecular formula is C19H30N6O3S. The van der Waals surface area contributed by atoms with Gasteiger partial charge in [-0.1, -0.05) is 12.1 Å². The van der Waals surface area contributed by atoms with Crippen molar-refractivity contribution >= 4 is 15.8 Å². The zero-order valence-corrected chi connectivity index (χ0v) is 18.5. The molecule has 1 aromatic heterocycles. The van der Waals surface area contributed by atoms with Gasteiger partial charge >= 0.3 is 0 Å². The van der Waals surface area contributed by atoms with E-state index in [4.69, 9.17) is 4.74 Å². The first kappa shape index (κ1) is 22.8. The second kappa shape index (κ2) is 10.4. The predicted molar refractivity (Wildman–Crippen MR) is 113 cm³/mol. The Morgan fingerprint density at radius 3 is 2.59 bits per heavy atom. The smallest absolute Gasteiger partial charge is 0.191 e. The van der Waals surface area contributed by atoms with E-state index in [2.05, 4.69) is 25.8 Å². The monoisotopic (exact) mass is 422 g/mol. The summed E-state index contributed by atoms with van der Waals surface area (Å²) in [6.07, 6.45) is 2.07. The molecule has 160 valence electrons. The zero-order valence-electron chi connectivity index (χ0n) is 17.7. The Hall–Kier alpha value is -2.46. The number of aliphatic imine (C=N–C) groups is 1. The summed E-state index contributed by atoms with van der Waals surface area (Å²) < 4.78 is 30.6. The Bertz CT molecular complexity index is 953. The molecule has 0 amide bonds. The maximum absolute atomic E-state index is 11.8. The van der Waals surface area contributed by atoms with Gasteiger partial charge in [0, 0.05) is 33.6 Å². The maximum atomic E-state index is 11.8. The van der Waals surface area contributed by atoms with Crippen LogP contribution in [0.1, 0.15) is 29.2 Å². The van der Waals surface area contributed by atoms with E-state index in [1.807, 2.05) is 24.6 Å². The molecule has 9 nitrogen and oxygen atoms in total. The number of hydrogen-bond acceptors (Lipinski definition) is 6. The first-order chi connectivity index (χ1) is 13.7. The van der Waals surface area contributed by atoms with Crippen LogP contribution < -0.4 is 10.6 Å². The van der Waals surface area contributed by atoms with E-state index in [0.29, 0.717) is 37.1 Å². The van der Waals surface area contributed by atoms with Gasteiger partial charge in [0.15, 0.2) is 21.6 Å². The molecule has 29 heavy (non-hydrogen) atoms. The molecule has 0 saturated carbocycles. The molecule has 0 fully saturated rings. The molecule has 0 bridgehead atoms. The number of nitrogens with one attached hydrogen (secondary N) is 2. The highest BCUT2D eigenvalue weighted by molar-refractivity contribution is 7.90. The van der Waals surface area contributed by atoms with E-state index in [9.17, 15) is 8.42 Å². The van der Waals surface area contributed by atoms with Gasteiger partial charge in [-0.15, -0.1) is 10.2 Å². The van der Waals surface area contributed by atoms with Crippen molar-refractivity contribution in [2.45, 2.75) is 38.3 Å². The molecule has 1 heterocycles. The fourth-order valence-corrected chi connectivity index (χ4v) is 3.72. The number of aromatic nitrogens is 3. The number of rotatable bonds is 9. The van der Waals surface area contributed by atoms with Crippen molar-refractivity contribution in [3.63, 3.8) is 0 Å². The predicted octanol–water partition coefficient (Wildman–Crippen LogP) is 1.11. The van der Waals surface area contributed by atoms with Crippen molar-refractivity contribution in [2.75, 3.05) is 26.5 Å². The van der Waals surface area contributed by atoms with Crippen molar-refractivity contribution in [1.29, 1.82) is 0 Å². The van der Waals surface area contributed by atoms with Crippen molar-refractivity contribution in [3.05, 3.63) is 41.0 Å². The number of sulfone groups is 1. The Morgan fingerprint density at radius 2 is 2.00 bits per heavy atom. The Kier molecular flexibility index (Phi) is 8.15. The summed E-state index contributed by atoms with van der Waals surface area (Å²) in [6.45, 7) is 5.97. The zero-order chi connectivity index (χ0) is 21.4. The van der Waals surface area contributed by atoms with Crippen molar-refractivity contribution < 1.29 is 13.2 Å². The summed E-state index contributed by atoms with van der Waals surface area (Å²) in [6, 6.07) is 5.28. The van der Waals surface area contributed by atoms with Gasteiger partial charge in [-0.05, 0) is 37.5 Å². The minimum absolute atomic E-state index is 0.346. The van der Waals surface area contributed by atoms with E-state index in [0.717, 1.165) is 29.2 Å². The van der Waals surface area contributed by atoms with Crippen LogP contribution in [0.15, 0.2) is 28.1 Å². The van der Waals surface area contributed by atoms with Crippen molar-refractivity contribution in [1.82, 2.24) is 25.4 Å². The number of nitrogens with zero attached hydrogens (tertiary/aromatic N) is 4. The van der Waals surface area contributed by atoms with E-state index in [1.165, 1.54) is 6.26 Å². The van der Waals surface area contributed by atoms with Gasteiger partial charge in [-0.25, -0.2) is 13.4 Å². The normalized spacial score (nSPS) is 12.2. The molecule has 10 heteroatoms. The number of guanidine groups is 1. The first-order valence-electron chi connectivity index (χ1n) is 9.38. The Morgan fingerprint density at radius 1 is 1.24 bits per heavy atom. The van der Waals surface area contributed by atoms with Crippen LogP contribution >= 0.6 is 0 Å². The van der Waals surface area contributed by atoms with Crippen LogP contribution in [0.4, 0.5) is 0 Å². The van der Waals surface area contributed by atoms with Gasteiger partial charge in [0.2, 0.25) is 0 Å². The van der Waals surface area contributed by atoms with Gasteiger partial charge < -0.3 is 19.9 Å². The second-order valence-corrected chi connectivity index (χ2v) is 8.87. The third-order valence-electron chi connectivity index (χ3n) is 4.47. The van der Waals surface area contributed by atoms with Crippen LogP contribution in [-0.4, -0.2) is 55.7 Å². The van der Waals surface area contributed by atoms with Crippen molar-refractivity contribution in [3.8, 4) is 0 Å². The Labute approximate surface area is 172 Å². The summed E-state index contributed by atoms with van der Waals surface area (Å²) in [5, 5.41) is 14.8. The lowest BCUT2D eigenvalue weighted by Gasteiger charge is -2.13. The summed E-state index contributed by atoms with van der Waals surface area (Å²) >= 11 is 0. The molecule has 0 spiro atoms. The molecule has 0 aliphatic carbocycles. The first-order valence-corrected chi connectivity index (χ1v) is 11.3. The van der Waals surface area contributed by atoms with Crippen LogP contribution in [0.2, 0.25) is 0 Å². The molecule has 0 unspecified atom stereocenters. The molecule has 1 aromatic carbocycles. The fourth-order valence-electron chi connectivity index (χ4n) is 2.76. The molecule has 0 aliphatic heterocycles. The van der Waals surface area contributed by atoms with E-state index in [-0.39, 0.29) is 0 Å². The third-order valence-corrected chi connectivity index (χ3v) is 5.73. The lowest BCUT2D eigenvalue weighted by atomic mass is 10.1. The molecule has 0 atom stereocenters. The van der Waals surface area contributed by atoms with Crippen molar-refractivity contribution in [2.24, 2.45) is 12.0 Å². The number of hydrogen-bond donors (Lipinski definition) is 2. The van der Waals surface area contributed by atoms with Gasteiger partial charge in [0.25, 0.3) is 0 Å². The average Bonchev–Trinajstić information content (AvgIpc) is 2.97. The van der Waals surface area contributed by atoms with Gasteiger partial charge in [0.1, 0.15) is 5.82 Å². The number of methoxy groups -OCH3 is 1. The molecule has 0 radical (unpaired) electrons. The summed E-state index contributed by atoms with van der Waals surface area (Å²) in [4.78, 5) is 4.97. The highest BCUT2D eigenvalue weighted by Gasteiger charge is 2.11. The third kappa shape index (κ3) is 6.82. The van der Waals surface area contributed by atoms with Crippen LogP contribution in [0, 0.1) is 13.8 Å². The topological polar surface area (TPSA) is 110 Å². The summed E-state index contributed by atoms with van der Waals surface area (Å²) in [5.41, 5.74) is 1.65. The van der Waals surface area contributed by atoms with Gasteiger partial charge in [-0.3, -0.25) is 0 Å². The fraction of sp³-hybridized carbons (Fsp3) is 0.526. The molecule has 2 aromatic rings. The second-order valence-electron chi connectivity index (χ2n) is 6.89. The lowest BCUT2D eigenvalue weighted by Crippen LogP contribution is -2.38. The lowest BCUT2D eigenvalue weighted by molar-refractivity contribution is 0.195. The van der Waals surface area contributed by atoms with Gasteiger partial charge in [0.05, 0.1) is 18.0 Å². The minimum atomic E-state index is -3.23.